The Kier molecular flexibility index (Phi) is 6.71. The van der Waals surface area contributed by atoms with Crippen LogP contribution in [0.3, 0.4) is 0 Å². The number of carbonyl (C=O) groups excluding carboxylic acids is 2. The van der Waals surface area contributed by atoms with Crippen molar-refractivity contribution < 1.29 is 14.3 Å². The van der Waals surface area contributed by atoms with E-state index in [1.165, 1.54) is 6.20 Å². The fourth-order valence-corrected chi connectivity index (χ4v) is 3.15. The van der Waals surface area contributed by atoms with Crippen LogP contribution in [0.5, 0.6) is 5.75 Å². The van der Waals surface area contributed by atoms with Crippen molar-refractivity contribution in [3.05, 3.63) is 52.8 Å². The number of nitrogens with one attached hydrogen (secondary N) is 1. The summed E-state index contributed by atoms with van der Waals surface area (Å²) in [6.45, 7) is 6.55. The first kappa shape index (κ1) is 21.1. The fourth-order valence-electron chi connectivity index (χ4n) is 2.99. The quantitative estimate of drug-likeness (QED) is 0.811. The zero-order chi connectivity index (χ0) is 21.0. The van der Waals surface area contributed by atoms with Gasteiger partial charge in [0.1, 0.15) is 11.4 Å². The van der Waals surface area contributed by atoms with E-state index in [-0.39, 0.29) is 11.8 Å². The highest BCUT2D eigenvalue weighted by Gasteiger charge is 2.22. The topological polar surface area (TPSA) is 74.8 Å². The van der Waals surface area contributed by atoms with Gasteiger partial charge in [-0.1, -0.05) is 17.7 Å². The molecule has 0 bridgehead atoms. The van der Waals surface area contributed by atoms with Gasteiger partial charge in [0.15, 0.2) is 6.10 Å². The monoisotopic (exact) mass is 416 g/mol. The summed E-state index contributed by atoms with van der Waals surface area (Å²) < 4.78 is 5.70. The fraction of sp³-hybridized carbons (Fsp3) is 0.381. The van der Waals surface area contributed by atoms with Gasteiger partial charge in [0, 0.05) is 38.1 Å². The number of benzene rings is 1. The molecule has 2 amide bonds. The lowest BCUT2D eigenvalue weighted by Crippen LogP contribution is -2.47. The van der Waals surface area contributed by atoms with Crippen LogP contribution in [0.25, 0.3) is 0 Å². The summed E-state index contributed by atoms with van der Waals surface area (Å²) in [6.07, 6.45) is 0.751. The lowest BCUT2D eigenvalue weighted by molar-refractivity contribution is -0.122. The van der Waals surface area contributed by atoms with E-state index in [2.05, 4.69) is 15.2 Å². The van der Waals surface area contributed by atoms with Crippen LogP contribution in [0.15, 0.2) is 36.5 Å². The van der Waals surface area contributed by atoms with Crippen LogP contribution in [0.2, 0.25) is 5.02 Å². The highest BCUT2D eigenvalue weighted by molar-refractivity contribution is 6.32. The summed E-state index contributed by atoms with van der Waals surface area (Å²) in [7, 11) is 2.03. The molecule has 1 N–H and O–H groups in total. The Morgan fingerprint density at radius 3 is 2.62 bits per heavy atom. The summed E-state index contributed by atoms with van der Waals surface area (Å²) in [4.78, 5) is 33.3. The predicted octanol–water partition coefficient (Wildman–Crippen LogP) is 2.84. The first-order valence-electron chi connectivity index (χ1n) is 9.51. The number of aromatic nitrogens is 1. The number of anilines is 1. The van der Waals surface area contributed by atoms with Gasteiger partial charge in [-0.15, -0.1) is 0 Å². The van der Waals surface area contributed by atoms with Gasteiger partial charge in [-0.05, 0) is 50.7 Å². The summed E-state index contributed by atoms with van der Waals surface area (Å²) in [6, 6.07) is 8.62. The predicted molar refractivity (Wildman–Crippen MR) is 113 cm³/mol. The van der Waals surface area contributed by atoms with Crippen molar-refractivity contribution in [1.82, 2.24) is 14.8 Å². The number of hydrogen-bond acceptors (Lipinski definition) is 5. The van der Waals surface area contributed by atoms with Gasteiger partial charge in [0.05, 0.1) is 5.02 Å². The van der Waals surface area contributed by atoms with Crippen molar-refractivity contribution >= 4 is 29.1 Å². The summed E-state index contributed by atoms with van der Waals surface area (Å²) in [5.41, 5.74) is 1.79. The van der Waals surface area contributed by atoms with Gasteiger partial charge >= 0.3 is 0 Å². The molecule has 0 spiro atoms. The van der Waals surface area contributed by atoms with Crippen molar-refractivity contribution in [2.75, 3.05) is 38.5 Å². The van der Waals surface area contributed by atoms with Crippen LogP contribution in [0.1, 0.15) is 23.0 Å². The van der Waals surface area contributed by atoms with E-state index in [1.807, 2.05) is 20.0 Å². The second-order valence-electron chi connectivity index (χ2n) is 7.21. The number of amides is 2. The van der Waals surface area contributed by atoms with Crippen molar-refractivity contribution in [2.45, 2.75) is 20.0 Å². The second-order valence-corrected chi connectivity index (χ2v) is 7.62. The molecule has 1 aliphatic heterocycles. The third kappa shape index (κ3) is 5.46. The molecule has 0 radical (unpaired) electrons. The molecular weight excluding hydrogens is 392 g/mol. The molecule has 1 fully saturated rings. The van der Waals surface area contributed by atoms with Gasteiger partial charge in [0.25, 0.3) is 11.8 Å². The number of aryl methyl sites for hydroxylation is 1. The highest BCUT2D eigenvalue weighted by atomic mass is 35.5. The van der Waals surface area contributed by atoms with Gasteiger partial charge in [0.2, 0.25) is 0 Å². The number of halogens is 1. The molecule has 2 aromatic rings. The molecule has 154 valence electrons. The zero-order valence-electron chi connectivity index (χ0n) is 16.8. The maximum atomic E-state index is 12.7. The number of nitrogens with zero attached hydrogens (tertiary/aromatic N) is 3. The normalized spacial score (nSPS) is 15.7. The maximum Gasteiger partial charge on any atom is 0.272 e. The Bertz CT molecular complexity index is 897. The van der Waals surface area contributed by atoms with Crippen LogP contribution in [-0.4, -0.2) is 65.9 Å². The number of piperazine rings is 1. The first-order valence-corrected chi connectivity index (χ1v) is 9.89. The summed E-state index contributed by atoms with van der Waals surface area (Å²) in [5, 5.41) is 3.22. The standard InChI is InChI=1S/C21H25ClN4O3/c1-14-4-5-17(22)19(12-14)29-15(2)20(27)24-16-6-7-23-18(13-16)21(28)26-10-8-25(3)9-11-26/h4-7,12-13,15H,8-11H2,1-3H3,(H,23,24,27)/t15-/m1/s1. The molecule has 0 aliphatic carbocycles. The zero-order valence-corrected chi connectivity index (χ0v) is 17.6. The maximum absolute atomic E-state index is 12.7. The first-order chi connectivity index (χ1) is 13.8. The van der Waals surface area contributed by atoms with E-state index in [4.69, 9.17) is 16.3 Å². The summed E-state index contributed by atoms with van der Waals surface area (Å²) >= 11 is 6.13. The average molecular weight is 417 g/mol. The largest absolute Gasteiger partial charge is 0.479 e. The van der Waals surface area contributed by atoms with Crippen LogP contribution in [0.4, 0.5) is 5.69 Å². The number of rotatable bonds is 5. The van der Waals surface area contributed by atoms with Crippen LogP contribution in [0, 0.1) is 6.92 Å². The number of ether oxygens (including phenoxy) is 1. The Morgan fingerprint density at radius 2 is 1.90 bits per heavy atom. The van der Waals surface area contributed by atoms with E-state index >= 15 is 0 Å². The Morgan fingerprint density at radius 1 is 1.17 bits per heavy atom. The van der Waals surface area contributed by atoms with Gasteiger partial charge in [-0.2, -0.15) is 0 Å². The minimum atomic E-state index is -0.765. The van der Waals surface area contributed by atoms with Crippen LogP contribution < -0.4 is 10.1 Å². The number of likely N-dealkylation sites (N-methyl/N-ethyl adjacent to an activating group) is 1. The molecule has 1 aromatic heterocycles. The lowest BCUT2D eigenvalue weighted by atomic mass is 10.2. The molecule has 0 saturated carbocycles. The highest BCUT2D eigenvalue weighted by Crippen LogP contribution is 2.26. The number of carbonyl (C=O) groups is 2. The van der Waals surface area contributed by atoms with Crippen molar-refractivity contribution in [3.8, 4) is 5.75 Å². The molecule has 7 nitrogen and oxygen atoms in total. The minimum absolute atomic E-state index is 0.134. The molecule has 1 atom stereocenters. The van der Waals surface area contributed by atoms with E-state index in [9.17, 15) is 9.59 Å². The Hall–Kier alpha value is -2.64. The van der Waals surface area contributed by atoms with Crippen molar-refractivity contribution in [3.63, 3.8) is 0 Å². The van der Waals surface area contributed by atoms with Crippen LogP contribution >= 0.6 is 11.6 Å². The molecule has 1 aromatic carbocycles. The molecule has 0 unspecified atom stereocenters. The number of pyridine rings is 1. The van der Waals surface area contributed by atoms with E-state index in [0.29, 0.717) is 35.2 Å². The van der Waals surface area contributed by atoms with E-state index in [0.717, 1.165) is 18.7 Å². The van der Waals surface area contributed by atoms with Gasteiger partial charge in [-0.25, -0.2) is 0 Å². The van der Waals surface area contributed by atoms with Gasteiger partial charge < -0.3 is 19.9 Å². The smallest absolute Gasteiger partial charge is 0.272 e. The Balaban J connectivity index is 1.64. The van der Waals surface area contributed by atoms with E-state index in [1.54, 1.807) is 36.1 Å². The SMILES string of the molecule is Cc1ccc(Cl)c(O[C@H](C)C(=O)Nc2ccnc(C(=O)N3CCN(C)CC3)c2)c1. The van der Waals surface area contributed by atoms with E-state index < -0.39 is 6.10 Å². The van der Waals surface area contributed by atoms with Gasteiger partial charge in [-0.3, -0.25) is 14.6 Å². The molecule has 1 saturated heterocycles. The minimum Gasteiger partial charge on any atom is -0.479 e. The van der Waals surface area contributed by atoms with Crippen molar-refractivity contribution in [1.29, 1.82) is 0 Å². The van der Waals surface area contributed by atoms with Crippen LogP contribution in [-0.2, 0) is 4.79 Å². The third-order valence-corrected chi connectivity index (χ3v) is 5.11. The molecule has 1 aliphatic rings. The molecule has 29 heavy (non-hydrogen) atoms. The number of hydrogen-bond donors (Lipinski definition) is 1. The van der Waals surface area contributed by atoms with Crippen molar-refractivity contribution in [2.24, 2.45) is 0 Å². The third-order valence-electron chi connectivity index (χ3n) is 4.80. The summed E-state index contributed by atoms with van der Waals surface area (Å²) in [5.74, 6) is -0.0215. The Labute approximate surface area is 175 Å². The average Bonchev–Trinajstić information content (AvgIpc) is 2.71. The molecular formula is C21H25ClN4O3. The molecule has 8 heteroatoms. The second kappa shape index (κ2) is 9.24. The molecule has 2 heterocycles. The molecule has 3 rings (SSSR count). The lowest BCUT2D eigenvalue weighted by Gasteiger charge is -2.32.